The van der Waals surface area contributed by atoms with Crippen molar-refractivity contribution >= 4 is 15.7 Å². The van der Waals surface area contributed by atoms with Crippen LogP contribution in [0.3, 0.4) is 0 Å². The van der Waals surface area contributed by atoms with Crippen LogP contribution in [0.2, 0.25) is 0 Å². The molecule has 1 heterocycles. The van der Waals surface area contributed by atoms with Crippen molar-refractivity contribution in [3.63, 3.8) is 0 Å². The maximum Gasteiger partial charge on any atom is 0.262 e. The second-order valence-electron chi connectivity index (χ2n) is 3.72. The standard InChI is InChI=1S/C10H17N3O3S/c1-8(7-16-3)13(2)17(14,15)10-9(11)5-4-6-12-10/h4-6,8H,7,11H2,1-3H3. The number of rotatable bonds is 5. The Balaban J connectivity index is 3.08. The van der Waals surface area contributed by atoms with E-state index < -0.39 is 10.0 Å². The minimum absolute atomic E-state index is 0.120. The molecule has 0 fully saturated rings. The molecule has 1 unspecified atom stereocenters. The number of nitrogens with two attached hydrogens (primary N) is 1. The number of pyridine rings is 1. The number of sulfonamides is 1. The molecule has 0 saturated heterocycles. The van der Waals surface area contributed by atoms with Gasteiger partial charge in [-0.05, 0) is 19.1 Å². The van der Waals surface area contributed by atoms with Crippen LogP contribution >= 0.6 is 0 Å². The van der Waals surface area contributed by atoms with E-state index in [1.165, 1.54) is 30.7 Å². The summed E-state index contributed by atoms with van der Waals surface area (Å²) < 4.78 is 30.5. The molecule has 17 heavy (non-hydrogen) atoms. The number of likely N-dealkylation sites (N-methyl/N-ethyl adjacent to an activating group) is 1. The highest BCUT2D eigenvalue weighted by molar-refractivity contribution is 7.89. The summed E-state index contributed by atoms with van der Waals surface area (Å²) in [6.45, 7) is 2.06. The smallest absolute Gasteiger partial charge is 0.262 e. The molecule has 1 aromatic rings. The average Bonchev–Trinajstić information content (AvgIpc) is 2.28. The lowest BCUT2D eigenvalue weighted by atomic mass is 10.4. The summed E-state index contributed by atoms with van der Waals surface area (Å²) in [5.74, 6) is 0. The highest BCUT2D eigenvalue weighted by atomic mass is 32.2. The van der Waals surface area contributed by atoms with Gasteiger partial charge in [0.05, 0.1) is 12.3 Å². The van der Waals surface area contributed by atoms with Gasteiger partial charge in [0.1, 0.15) is 0 Å². The van der Waals surface area contributed by atoms with E-state index in [1.54, 1.807) is 13.0 Å². The molecule has 6 nitrogen and oxygen atoms in total. The monoisotopic (exact) mass is 259 g/mol. The van der Waals surface area contributed by atoms with Gasteiger partial charge in [-0.2, -0.15) is 4.31 Å². The zero-order valence-corrected chi connectivity index (χ0v) is 10.9. The van der Waals surface area contributed by atoms with E-state index in [4.69, 9.17) is 10.5 Å². The van der Waals surface area contributed by atoms with E-state index in [0.29, 0.717) is 6.61 Å². The predicted octanol–water partition coefficient (Wildman–Crippen LogP) is 0.319. The first-order chi connectivity index (χ1) is 7.91. The second-order valence-corrected chi connectivity index (χ2v) is 5.64. The number of anilines is 1. The molecule has 0 saturated carbocycles. The topological polar surface area (TPSA) is 85.5 Å². The summed E-state index contributed by atoms with van der Waals surface area (Å²) in [6.07, 6.45) is 1.40. The van der Waals surface area contributed by atoms with Crippen LogP contribution in [0.25, 0.3) is 0 Å². The fourth-order valence-corrected chi connectivity index (χ4v) is 2.71. The number of aromatic nitrogens is 1. The quantitative estimate of drug-likeness (QED) is 0.823. The van der Waals surface area contributed by atoms with Gasteiger partial charge in [-0.25, -0.2) is 13.4 Å². The fraction of sp³-hybridized carbons (Fsp3) is 0.500. The van der Waals surface area contributed by atoms with Gasteiger partial charge in [0.15, 0.2) is 5.03 Å². The van der Waals surface area contributed by atoms with Gasteiger partial charge in [0.25, 0.3) is 10.0 Å². The average molecular weight is 259 g/mol. The Morgan fingerprint density at radius 2 is 2.24 bits per heavy atom. The first kappa shape index (κ1) is 13.9. The summed E-state index contributed by atoms with van der Waals surface area (Å²) in [6, 6.07) is 2.81. The van der Waals surface area contributed by atoms with Gasteiger partial charge in [-0.1, -0.05) is 0 Å². The lowest BCUT2D eigenvalue weighted by molar-refractivity contribution is 0.149. The van der Waals surface area contributed by atoms with E-state index in [9.17, 15) is 8.42 Å². The van der Waals surface area contributed by atoms with Crippen LogP contribution < -0.4 is 5.73 Å². The van der Waals surface area contributed by atoms with Crippen LogP contribution in [0.5, 0.6) is 0 Å². The van der Waals surface area contributed by atoms with E-state index in [1.807, 2.05) is 0 Å². The molecule has 1 atom stereocenters. The van der Waals surface area contributed by atoms with Crippen molar-refractivity contribution in [2.45, 2.75) is 18.0 Å². The van der Waals surface area contributed by atoms with Crippen molar-refractivity contribution in [2.24, 2.45) is 0 Å². The summed E-state index contributed by atoms with van der Waals surface area (Å²) in [5.41, 5.74) is 5.76. The molecular formula is C10H17N3O3S. The molecule has 1 rings (SSSR count). The first-order valence-electron chi connectivity index (χ1n) is 5.08. The SMILES string of the molecule is COCC(C)N(C)S(=O)(=O)c1ncccc1N. The molecule has 0 aliphatic rings. The Labute approximate surface area is 101 Å². The molecule has 0 aliphatic heterocycles. The molecule has 0 bridgehead atoms. The second kappa shape index (κ2) is 5.44. The molecule has 0 radical (unpaired) electrons. The van der Waals surface area contributed by atoms with Crippen molar-refractivity contribution in [1.29, 1.82) is 0 Å². The van der Waals surface area contributed by atoms with Crippen LogP contribution in [0.4, 0.5) is 5.69 Å². The molecular weight excluding hydrogens is 242 g/mol. The lowest BCUT2D eigenvalue weighted by Crippen LogP contribution is -2.38. The van der Waals surface area contributed by atoms with Gasteiger partial charge in [-0.15, -0.1) is 0 Å². The van der Waals surface area contributed by atoms with Crippen LogP contribution in [0.15, 0.2) is 23.4 Å². The largest absolute Gasteiger partial charge is 0.396 e. The number of nitrogens with zero attached hydrogens (tertiary/aromatic N) is 2. The van der Waals surface area contributed by atoms with Crippen LogP contribution in [-0.2, 0) is 14.8 Å². The Morgan fingerprint density at radius 1 is 1.59 bits per heavy atom. The third-order valence-corrected chi connectivity index (χ3v) is 4.40. The zero-order valence-electron chi connectivity index (χ0n) is 10.1. The van der Waals surface area contributed by atoms with Gasteiger partial charge in [0.2, 0.25) is 0 Å². The van der Waals surface area contributed by atoms with Crippen LogP contribution in [0, 0.1) is 0 Å². The fourth-order valence-electron chi connectivity index (χ4n) is 1.34. The maximum absolute atomic E-state index is 12.2. The lowest BCUT2D eigenvalue weighted by Gasteiger charge is -2.23. The molecule has 0 aliphatic carbocycles. The van der Waals surface area contributed by atoms with Crippen molar-refractivity contribution in [3.8, 4) is 0 Å². The first-order valence-corrected chi connectivity index (χ1v) is 6.52. The van der Waals surface area contributed by atoms with Gasteiger partial charge < -0.3 is 10.5 Å². The molecule has 96 valence electrons. The molecule has 2 N–H and O–H groups in total. The van der Waals surface area contributed by atoms with Gasteiger partial charge in [0, 0.05) is 26.4 Å². The summed E-state index contributed by atoms with van der Waals surface area (Å²) in [7, 11) is -0.675. The number of ether oxygens (including phenoxy) is 1. The van der Waals surface area contributed by atoms with Crippen molar-refractivity contribution < 1.29 is 13.2 Å². The Morgan fingerprint density at radius 3 is 2.76 bits per heavy atom. The third-order valence-electron chi connectivity index (χ3n) is 2.45. The number of hydrogen-bond acceptors (Lipinski definition) is 5. The van der Waals surface area contributed by atoms with E-state index >= 15 is 0 Å². The maximum atomic E-state index is 12.2. The van der Waals surface area contributed by atoms with Crippen molar-refractivity contribution in [1.82, 2.24) is 9.29 Å². The Hall–Kier alpha value is -1.18. The number of methoxy groups -OCH3 is 1. The summed E-state index contributed by atoms with van der Waals surface area (Å²) >= 11 is 0. The van der Waals surface area contributed by atoms with Crippen LogP contribution in [0.1, 0.15) is 6.92 Å². The highest BCUT2D eigenvalue weighted by Gasteiger charge is 2.28. The van der Waals surface area contributed by atoms with Gasteiger partial charge in [-0.3, -0.25) is 0 Å². The van der Waals surface area contributed by atoms with Crippen molar-refractivity contribution in [2.75, 3.05) is 26.5 Å². The van der Waals surface area contributed by atoms with Gasteiger partial charge >= 0.3 is 0 Å². The summed E-state index contributed by atoms with van der Waals surface area (Å²) in [4.78, 5) is 3.82. The predicted molar refractivity (Wildman–Crippen MR) is 64.9 cm³/mol. The van der Waals surface area contributed by atoms with Crippen molar-refractivity contribution in [3.05, 3.63) is 18.3 Å². The van der Waals surface area contributed by atoms with E-state index in [-0.39, 0.29) is 16.8 Å². The van der Waals surface area contributed by atoms with Crippen LogP contribution in [-0.4, -0.2) is 44.5 Å². The molecule has 7 heteroatoms. The highest BCUT2D eigenvalue weighted by Crippen LogP contribution is 2.19. The number of hydrogen-bond donors (Lipinski definition) is 1. The Bertz CT molecular complexity index is 475. The minimum atomic E-state index is -3.67. The summed E-state index contributed by atoms with van der Waals surface area (Å²) in [5, 5.41) is -0.120. The third kappa shape index (κ3) is 2.93. The molecule has 0 spiro atoms. The zero-order chi connectivity index (χ0) is 13.1. The van der Waals surface area contributed by atoms with E-state index in [0.717, 1.165) is 0 Å². The van der Waals surface area contributed by atoms with E-state index in [2.05, 4.69) is 4.98 Å². The minimum Gasteiger partial charge on any atom is -0.396 e. The number of nitrogen functional groups attached to an aromatic ring is 1. The molecule has 0 aromatic carbocycles. The Kier molecular flexibility index (Phi) is 4.44. The molecule has 0 amide bonds. The molecule has 1 aromatic heterocycles. The normalized spacial score (nSPS) is 13.9.